The molecule has 1 amide bonds. The molecule has 0 unspecified atom stereocenters. The highest BCUT2D eigenvalue weighted by Crippen LogP contribution is 2.25. The molecule has 0 radical (unpaired) electrons. The monoisotopic (exact) mass is 417 g/mol. The van der Waals surface area contributed by atoms with E-state index >= 15 is 0 Å². The van der Waals surface area contributed by atoms with Gasteiger partial charge in [-0.05, 0) is 16.7 Å². The molecule has 1 atom stereocenters. The van der Waals surface area contributed by atoms with E-state index in [4.69, 9.17) is 4.74 Å². The topological polar surface area (TPSA) is 92.7 Å². The molecule has 0 spiro atoms. The van der Waals surface area contributed by atoms with Gasteiger partial charge in [0, 0.05) is 0 Å². The van der Waals surface area contributed by atoms with Gasteiger partial charge in [0.15, 0.2) is 0 Å². The van der Waals surface area contributed by atoms with Gasteiger partial charge in [0.2, 0.25) is 5.91 Å². The smallest absolute Gasteiger partial charge is 0.326 e. The van der Waals surface area contributed by atoms with Crippen molar-refractivity contribution in [3.8, 4) is 0 Å². The molecule has 0 bridgehead atoms. The summed E-state index contributed by atoms with van der Waals surface area (Å²) >= 11 is 0. The SMILES string of the molecule is O=C(C[C@@H](NC(=O)C(c1ccccc1)c1ccccc1)C(=O)O)OCc1ccccc1. The van der Waals surface area contributed by atoms with Crippen molar-refractivity contribution < 1.29 is 24.2 Å². The second kappa shape index (κ2) is 10.7. The third kappa shape index (κ3) is 6.27. The lowest BCUT2D eigenvalue weighted by atomic mass is 9.90. The maximum atomic E-state index is 13.1. The molecule has 6 nitrogen and oxygen atoms in total. The minimum atomic E-state index is -1.40. The molecule has 0 aliphatic carbocycles. The van der Waals surface area contributed by atoms with Crippen LogP contribution in [0, 0.1) is 0 Å². The molecule has 0 saturated carbocycles. The normalized spacial score (nSPS) is 11.5. The first-order valence-electron chi connectivity index (χ1n) is 9.87. The summed E-state index contributed by atoms with van der Waals surface area (Å²) in [7, 11) is 0. The Kier molecular flexibility index (Phi) is 7.54. The first-order valence-corrected chi connectivity index (χ1v) is 9.87. The van der Waals surface area contributed by atoms with Crippen molar-refractivity contribution in [2.24, 2.45) is 0 Å². The summed E-state index contributed by atoms with van der Waals surface area (Å²) in [5, 5.41) is 12.1. The third-order valence-corrected chi connectivity index (χ3v) is 4.76. The number of nitrogens with one attached hydrogen (secondary N) is 1. The lowest BCUT2D eigenvalue weighted by molar-refractivity contribution is -0.151. The van der Waals surface area contributed by atoms with E-state index in [9.17, 15) is 19.5 Å². The zero-order chi connectivity index (χ0) is 22.1. The number of carboxylic acids is 1. The van der Waals surface area contributed by atoms with Crippen LogP contribution in [-0.2, 0) is 25.7 Å². The number of carboxylic acid groups (broad SMARTS) is 1. The second-order valence-electron chi connectivity index (χ2n) is 7.00. The molecule has 6 heteroatoms. The van der Waals surface area contributed by atoms with Gasteiger partial charge in [-0.15, -0.1) is 0 Å². The van der Waals surface area contributed by atoms with Gasteiger partial charge < -0.3 is 15.2 Å². The Morgan fingerprint density at radius 3 is 1.74 bits per heavy atom. The Balaban J connectivity index is 1.70. The Morgan fingerprint density at radius 2 is 1.26 bits per heavy atom. The Hall–Kier alpha value is -3.93. The van der Waals surface area contributed by atoms with Crippen LogP contribution in [0.4, 0.5) is 0 Å². The lowest BCUT2D eigenvalue weighted by Gasteiger charge is -2.21. The zero-order valence-corrected chi connectivity index (χ0v) is 16.8. The summed E-state index contributed by atoms with van der Waals surface area (Å²) in [6.07, 6.45) is -0.468. The highest BCUT2D eigenvalue weighted by atomic mass is 16.5. The highest BCUT2D eigenvalue weighted by molar-refractivity contribution is 5.92. The lowest BCUT2D eigenvalue weighted by Crippen LogP contribution is -2.44. The average molecular weight is 417 g/mol. The molecule has 0 heterocycles. The summed E-state index contributed by atoms with van der Waals surface area (Å²) in [5.41, 5.74) is 2.24. The molecule has 0 saturated heterocycles. The van der Waals surface area contributed by atoms with Gasteiger partial charge in [0.1, 0.15) is 12.6 Å². The molecule has 2 N–H and O–H groups in total. The molecule has 3 rings (SSSR count). The molecular weight excluding hydrogens is 394 g/mol. The number of rotatable bonds is 9. The van der Waals surface area contributed by atoms with Crippen molar-refractivity contribution in [1.29, 1.82) is 0 Å². The second-order valence-corrected chi connectivity index (χ2v) is 7.00. The molecule has 3 aromatic rings. The fraction of sp³-hybridized carbons (Fsp3) is 0.160. The number of amides is 1. The molecule has 0 fully saturated rings. The number of hydrogen-bond donors (Lipinski definition) is 2. The molecule has 0 aromatic heterocycles. The van der Waals surface area contributed by atoms with E-state index in [0.717, 1.165) is 16.7 Å². The quantitative estimate of drug-likeness (QED) is 0.520. The minimum Gasteiger partial charge on any atom is -0.480 e. The van der Waals surface area contributed by atoms with E-state index in [0.29, 0.717) is 0 Å². The van der Waals surface area contributed by atoms with Crippen molar-refractivity contribution in [1.82, 2.24) is 5.32 Å². The molecular formula is C25H23NO5. The first-order chi connectivity index (χ1) is 15.0. The Bertz CT molecular complexity index is 966. The molecule has 0 aliphatic heterocycles. The number of carbonyl (C=O) groups excluding carboxylic acids is 2. The fourth-order valence-electron chi connectivity index (χ4n) is 3.20. The number of hydrogen-bond acceptors (Lipinski definition) is 4. The Labute approximate surface area is 180 Å². The van der Waals surface area contributed by atoms with E-state index in [1.165, 1.54) is 0 Å². The first kappa shape index (κ1) is 21.8. The van der Waals surface area contributed by atoms with Crippen molar-refractivity contribution in [3.05, 3.63) is 108 Å². The van der Waals surface area contributed by atoms with Crippen LogP contribution < -0.4 is 5.32 Å². The van der Waals surface area contributed by atoms with Gasteiger partial charge in [-0.2, -0.15) is 0 Å². The maximum absolute atomic E-state index is 13.1. The van der Waals surface area contributed by atoms with Gasteiger partial charge >= 0.3 is 11.9 Å². The average Bonchev–Trinajstić information content (AvgIpc) is 2.79. The standard InChI is InChI=1S/C25H23NO5/c27-22(31-17-18-10-4-1-5-11-18)16-21(25(29)30)26-24(28)23(19-12-6-2-7-13-19)20-14-8-3-9-15-20/h1-15,21,23H,16-17H2,(H,26,28)(H,29,30)/t21-/m1/s1. The van der Waals surface area contributed by atoms with Crippen LogP contribution in [0.3, 0.4) is 0 Å². The van der Waals surface area contributed by atoms with Crippen molar-refractivity contribution in [3.63, 3.8) is 0 Å². The number of benzene rings is 3. The largest absolute Gasteiger partial charge is 0.480 e. The van der Waals surface area contributed by atoms with Gasteiger partial charge in [0.05, 0.1) is 12.3 Å². The minimum absolute atomic E-state index is 0.0383. The third-order valence-electron chi connectivity index (χ3n) is 4.76. The van der Waals surface area contributed by atoms with Gasteiger partial charge in [0.25, 0.3) is 0 Å². The number of ether oxygens (including phenoxy) is 1. The highest BCUT2D eigenvalue weighted by Gasteiger charge is 2.29. The van der Waals surface area contributed by atoms with Crippen LogP contribution in [0.5, 0.6) is 0 Å². The van der Waals surface area contributed by atoms with Crippen LogP contribution in [-0.4, -0.2) is 29.0 Å². The fourth-order valence-corrected chi connectivity index (χ4v) is 3.20. The van der Waals surface area contributed by atoms with Gasteiger partial charge in [-0.3, -0.25) is 9.59 Å². The predicted molar refractivity (Wildman–Crippen MR) is 115 cm³/mol. The zero-order valence-electron chi connectivity index (χ0n) is 16.8. The molecule has 31 heavy (non-hydrogen) atoms. The van der Waals surface area contributed by atoms with Crippen LogP contribution in [0.15, 0.2) is 91.0 Å². The molecule has 0 aliphatic rings. The summed E-state index contributed by atoms with van der Waals surface area (Å²) in [6.45, 7) is 0.0383. The van der Waals surface area contributed by atoms with Gasteiger partial charge in [-0.1, -0.05) is 91.0 Å². The summed E-state index contributed by atoms with van der Waals surface area (Å²) in [4.78, 5) is 37.0. The van der Waals surface area contributed by atoms with Crippen molar-refractivity contribution >= 4 is 17.8 Å². The van der Waals surface area contributed by atoms with E-state index in [-0.39, 0.29) is 6.61 Å². The number of aliphatic carboxylic acids is 1. The van der Waals surface area contributed by atoms with Crippen LogP contribution in [0.25, 0.3) is 0 Å². The van der Waals surface area contributed by atoms with Crippen molar-refractivity contribution in [2.45, 2.75) is 25.0 Å². The molecule has 158 valence electrons. The number of esters is 1. The van der Waals surface area contributed by atoms with E-state index in [1.807, 2.05) is 54.6 Å². The predicted octanol–water partition coefficient (Wildman–Crippen LogP) is 3.52. The summed E-state index contributed by atoms with van der Waals surface area (Å²) in [6, 6.07) is 25.8. The Morgan fingerprint density at radius 1 is 0.774 bits per heavy atom. The summed E-state index contributed by atoms with van der Waals surface area (Å²) in [5.74, 6) is -3.21. The maximum Gasteiger partial charge on any atom is 0.326 e. The van der Waals surface area contributed by atoms with E-state index < -0.39 is 36.2 Å². The van der Waals surface area contributed by atoms with Crippen LogP contribution >= 0.6 is 0 Å². The van der Waals surface area contributed by atoms with E-state index in [1.54, 1.807) is 36.4 Å². The van der Waals surface area contributed by atoms with Gasteiger partial charge in [-0.25, -0.2) is 4.79 Å². The summed E-state index contributed by atoms with van der Waals surface area (Å²) < 4.78 is 5.17. The van der Waals surface area contributed by atoms with Crippen LogP contribution in [0.1, 0.15) is 29.0 Å². The number of carbonyl (C=O) groups is 3. The molecule has 3 aromatic carbocycles. The van der Waals surface area contributed by atoms with Crippen molar-refractivity contribution in [2.75, 3.05) is 0 Å². The van der Waals surface area contributed by atoms with Crippen LogP contribution in [0.2, 0.25) is 0 Å². The van der Waals surface area contributed by atoms with E-state index in [2.05, 4.69) is 5.32 Å².